The third-order valence-electron chi connectivity index (χ3n) is 11.9. The summed E-state index contributed by atoms with van der Waals surface area (Å²) in [7, 11) is 0. The maximum atomic E-state index is 14.3. The monoisotopic (exact) mass is 688 g/mol. The number of esters is 4. The predicted molar refractivity (Wildman–Crippen MR) is 165 cm³/mol. The highest BCUT2D eigenvalue weighted by Gasteiger charge is 2.78. The summed E-state index contributed by atoms with van der Waals surface area (Å²) in [6.07, 6.45) is -4.22. The first kappa shape index (κ1) is 36.2. The molecule has 14 nitrogen and oxygen atoms in total. The highest BCUT2D eigenvalue weighted by atomic mass is 16.6. The third-order valence-corrected chi connectivity index (χ3v) is 11.9. The summed E-state index contributed by atoms with van der Waals surface area (Å²) in [5.41, 5.74) is -7.14. The number of Topliss-reactive ketones (excluding diaryl/α,β-unsaturated/α-hetero) is 1. The molecular weight excluding hydrogens is 644 g/mol. The van der Waals surface area contributed by atoms with Gasteiger partial charge in [-0.1, -0.05) is 40.7 Å². The van der Waals surface area contributed by atoms with Gasteiger partial charge in [-0.15, -0.1) is 0 Å². The number of furan rings is 1. The Bertz CT molecular complexity index is 1530. The third kappa shape index (κ3) is 5.38. The second-order valence-corrected chi connectivity index (χ2v) is 14.5. The molecule has 0 unspecified atom stereocenters. The SMILES string of the molecule is C=C1[C@H]([C@@]2(C)[C@@H](OC(C)=O)CC(=O)O[C@]3(C)COC(=O)C[C@H]23)[C@@H](OC=O)[C@H](OC(=O)[C@H](O)[C@H](C)CC)[C@@]2(C)[C@H](c3ccoc3)CC(=O)[C@]12O. The van der Waals surface area contributed by atoms with Gasteiger partial charge in [0.05, 0.1) is 30.8 Å². The Morgan fingerprint density at radius 3 is 2.41 bits per heavy atom. The molecule has 2 N–H and O–H groups in total. The molecule has 268 valence electrons. The van der Waals surface area contributed by atoms with Gasteiger partial charge in [-0.3, -0.25) is 24.0 Å². The molecule has 4 fully saturated rings. The Labute approximate surface area is 283 Å². The van der Waals surface area contributed by atoms with Crippen molar-refractivity contribution in [3.8, 4) is 0 Å². The van der Waals surface area contributed by atoms with Crippen LogP contribution >= 0.6 is 0 Å². The summed E-state index contributed by atoms with van der Waals surface area (Å²) in [6, 6.07) is 1.59. The number of ether oxygens (including phenoxy) is 5. The topological polar surface area (TPSA) is 202 Å². The first-order chi connectivity index (χ1) is 22.9. The van der Waals surface area contributed by atoms with E-state index in [2.05, 4.69) is 6.58 Å². The maximum Gasteiger partial charge on any atom is 0.335 e. The van der Waals surface area contributed by atoms with Crippen molar-refractivity contribution in [1.82, 2.24) is 0 Å². The lowest BCUT2D eigenvalue weighted by molar-refractivity contribution is -0.242. The normalized spacial score (nSPS) is 40.1. The molecule has 5 rings (SSSR count). The molecule has 0 radical (unpaired) electrons. The number of aliphatic hydroxyl groups excluding tert-OH is 1. The van der Waals surface area contributed by atoms with Crippen molar-refractivity contribution in [3.05, 3.63) is 36.3 Å². The van der Waals surface area contributed by atoms with Gasteiger partial charge in [0, 0.05) is 36.5 Å². The standard InChI is InChI=1S/C35H44O14/c1-8-17(2)28(41)31(42)48-30-29(46-16-36)27(18(3)35(43)23(38)11-21(34(30,35)7)20-9-10-44-14-20)33(6)22-12-25(39)45-15-32(22,5)49-26(40)13-24(33)47-19(4)37/h9-10,14,16-17,21-22,24,27-30,41,43H,3,8,11-13,15H2,1-2,4-7H3/t17-,21+,22+,24+,27+,28-,29-,30+,32-,33-,34-,35-/m1/s1. The van der Waals surface area contributed by atoms with E-state index in [0.29, 0.717) is 12.0 Å². The summed E-state index contributed by atoms with van der Waals surface area (Å²) in [5, 5.41) is 23.8. The molecule has 2 aliphatic carbocycles. The molecule has 0 amide bonds. The minimum Gasteiger partial charge on any atom is -0.472 e. The van der Waals surface area contributed by atoms with Crippen LogP contribution < -0.4 is 0 Å². The van der Waals surface area contributed by atoms with Crippen LogP contribution in [0.2, 0.25) is 0 Å². The number of fused-ring (bicyclic) bond motifs is 2. The van der Waals surface area contributed by atoms with E-state index in [9.17, 15) is 39.0 Å². The van der Waals surface area contributed by atoms with Crippen LogP contribution in [0, 0.1) is 28.6 Å². The molecule has 2 saturated heterocycles. The highest BCUT2D eigenvalue weighted by Crippen LogP contribution is 2.68. The Kier molecular flexibility index (Phi) is 9.39. The molecule has 2 aliphatic heterocycles. The minimum absolute atomic E-state index is 0.116. The van der Waals surface area contributed by atoms with Crippen LogP contribution in [-0.4, -0.2) is 88.6 Å². The van der Waals surface area contributed by atoms with Crippen molar-refractivity contribution in [1.29, 1.82) is 0 Å². The van der Waals surface area contributed by atoms with Crippen LogP contribution in [0.3, 0.4) is 0 Å². The highest BCUT2D eigenvalue weighted by molar-refractivity contribution is 5.96. The summed E-state index contributed by atoms with van der Waals surface area (Å²) in [4.78, 5) is 79.3. The Morgan fingerprint density at radius 1 is 1.12 bits per heavy atom. The van der Waals surface area contributed by atoms with Crippen LogP contribution in [0.4, 0.5) is 0 Å². The van der Waals surface area contributed by atoms with Gasteiger partial charge in [0.1, 0.15) is 30.5 Å². The lowest BCUT2D eigenvalue weighted by Crippen LogP contribution is -2.72. The van der Waals surface area contributed by atoms with Crippen molar-refractivity contribution in [2.24, 2.45) is 28.6 Å². The molecule has 0 bridgehead atoms. The molecule has 3 heterocycles. The van der Waals surface area contributed by atoms with Crippen molar-refractivity contribution in [2.45, 2.75) is 109 Å². The Hall–Kier alpha value is -4.04. The summed E-state index contributed by atoms with van der Waals surface area (Å²) >= 11 is 0. The number of carbonyl (C=O) groups excluding carboxylic acids is 6. The molecule has 2 saturated carbocycles. The van der Waals surface area contributed by atoms with Gasteiger partial charge in [-0.25, -0.2) is 4.79 Å². The van der Waals surface area contributed by atoms with Gasteiger partial charge in [-0.2, -0.15) is 0 Å². The smallest absolute Gasteiger partial charge is 0.335 e. The molecule has 1 aromatic heterocycles. The van der Waals surface area contributed by atoms with Gasteiger partial charge in [0.2, 0.25) is 0 Å². The first-order valence-corrected chi connectivity index (χ1v) is 16.4. The van der Waals surface area contributed by atoms with Crippen molar-refractivity contribution in [3.63, 3.8) is 0 Å². The van der Waals surface area contributed by atoms with Gasteiger partial charge >= 0.3 is 23.9 Å². The second-order valence-electron chi connectivity index (χ2n) is 14.5. The molecule has 0 spiro atoms. The molecular formula is C35H44O14. The zero-order chi connectivity index (χ0) is 36.3. The molecule has 1 aromatic rings. The van der Waals surface area contributed by atoms with E-state index in [4.69, 9.17) is 28.1 Å². The van der Waals surface area contributed by atoms with Gasteiger partial charge < -0.3 is 38.3 Å². The molecule has 0 aromatic carbocycles. The number of aliphatic hydroxyl groups is 2. The predicted octanol–water partition coefficient (Wildman–Crippen LogP) is 2.33. The average molecular weight is 689 g/mol. The van der Waals surface area contributed by atoms with Crippen LogP contribution in [0.25, 0.3) is 0 Å². The van der Waals surface area contributed by atoms with Crippen LogP contribution in [-0.2, 0) is 52.5 Å². The summed E-state index contributed by atoms with van der Waals surface area (Å²) in [5.74, 6) is -7.90. The van der Waals surface area contributed by atoms with Crippen LogP contribution in [0.5, 0.6) is 0 Å². The first-order valence-electron chi connectivity index (χ1n) is 16.4. The van der Waals surface area contributed by atoms with E-state index in [1.807, 2.05) is 0 Å². The van der Waals surface area contributed by atoms with E-state index in [1.165, 1.54) is 19.5 Å². The lowest BCUT2D eigenvalue weighted by Gasteiger charge is -2.61. The number of ketones is 1. The quantitative estimate of drug-likeness (QED) is 0.166. The molecule has 12 atom stereocenters. The van der Waals surface area contributed by atoms with Crippen molar-refractivity contribution >= 4 is 36.1 Å². The van der Waals surface area contributed by atoms with Gasteiger partial charge in [0.15, 0.2) is 17.5 Å². The van der Waals surface area contributed by atoms with E-state index in [0.717, 1.165) is 6.92 Å². The van der Waals surface area contributed by atoms with Gasteiger partial charge in [0.25, 0.3) is 6.47 Å². The Balaban J connectivity index is 1.81. The van der Waals surface area contributed by atoms with E-state index >= 15 is 0 Å². The van der Waals surface area contributed by atoms with E-state index in [1.54, 1.807) is 33.8 Å². The van der Waals surface area contributed by atoms with Crippen molar-refractivity contribution in [2.75, 3.05) is 6.61 Å². The summed E-state index contributed by atoms with van der Waals surface area (Å²) in [6.45, 7) is 13.2. The summed E-state index contributed by atoms with van der Waals surface area (Å²) < 4.78 is 34.2. The fourth-order valence-electron chi connectivity index (χ4n) is 9.11. The zero-order valence-electron chi connectivity index (χ0n) is 28.5. The maximum absolute atomic E-state index is 14.3. The molecule has 49 heavy (non-hydrogen) atoms. The second kappa shape index (κ2) is 12.7. The Morgan fingerprint density at radius 2 is 1.82 bits per heavy atom. The average Bonchev–Trinajstić information content (AvgIpc) is 3.63. The number of cyclic esters (lactones) is 1. The van der Waals surface area contributed by atoms with Gasteiger partial charge in [-0.05, 0) is 30.0 Å². The lowest BCUT2D eigenvalue weighted by atomic mass is 9.46. The fraction of sp³-hybridized carbons (Fsp3) is 0.657. The molecule has 4 aliphatic rings. The van der Waals surface area contributed by atoms with Crippen molar-refractivity contribution < 1.29 is 67.1 Å². The molecule has 14 heteroatoms. The number of hydrogen-bond acceptors (Lipinski definition) is 14. The van der Waals surface area contributed by atoms with E-state index in [-0.39, 0.29) is 31.5 Å². The number of rotatable bonds is 9. The zero-order valence-corrected chi connectivity index (χ0v) is 28.5. The number of hydrogen-bond donors (Lipinski definition) is 2. The number of carbonyl (C=O) groups is 6. The fourth-order valence-corrected chi connectivity index (χ4v) is 9.11. The van der Waals surface area contributed by atoms with Crippen LogP contribution in [0.15, 0.2) is 35.2 Å². The van der Waals surface area contributed by atoms with E-state index < -0.39 is 106 Å². The minimum atomic E-state index is -2.48. The largest absolute Gasteiger partial charge is 0.472 e. The van der Waals surface area contributed by atoms with Crippen LogP contribution in [0.1, 0.15) is 78.7 Å².